The summed E-state index contributed by atoms with van der Waals surface area (Å²) in [4.78, 5) is 12.3. The third-order valence-electron chi connectivity index (χ3n) is 2.66. The first-order valence-electron chi connectivity index (χ1n) is 5.80. The Kier molecular flexibility index (Phi) is 4.44. The van der Waals surface area contributed by atoms with Crippen molar-refractivity contribution in [3.63, 3.8) is 0 Å². The van der Waals surface area contributed by atoms with E-state index in [9.17, 15) is 15.0 Å². The molecule has 0 aliphatic carbocycles. The van der Waals surface area contributed by atoms with E-state index in [2.05, 4.69) is 21.2 Å². The number of phenols is 2. The first-order valence-corrected chi connectivity index (χ1v) is 7.00. The molecule has 0 atom stereocenters. The summed E-state index contributed by atoms with van der Waals surface area (Å²) >= 11 is 8.25. The molecular formula is C14H11BrN2O3S. The third-order valence-corrected chi connectivity index (χ3v) is 3.37. The zero-order chi connectivity index (χ0) is 15.6. The van der Waals surface area contributed by atoms with Crippen molar-refractivity contribution in [2.45, 2.75) is 0 Å². The van der Waals surface area contributed by atoms with Crippen molar-refractivity contribution in [3.05, 3.63) is 52.0 Å². The summed E-state index contributed by atoms with van der Waals surface area (Å²) in [6.45, 7) is 0. The van der Waals surface area contributed by atoms with Crippen LogP contribution in [0.4, 0.5) is 5.69 Å². The Labute approximate surface area is 134 Å². The van der Waals surface area contributed by atoms with E-state index in [0.29, 0.717) is 11.3 Å². The molecular weight excluding hydrogens is 356 g/mol. The van der Waals surface area contributed by atoms with E-state index in [4.69, 9.17) is 18.0 Å². The Morgan fingerprint density at radius 1 is 1.14 bits per heavy atom. The average Bonchev–Trinajstić information content (AvgIpc) is 2.39. The van der Waals surface area contributed by atoms with E-state index in [-0.39, 0.29) is 22.1 Å². The second-order valence-corrected chi connectivity index (χ2v) is 5.60. The molecule has 7 heteroatoms. The number of nitrogens with one attached hydrogen (secondary N) is 1. The van der Waals surface area contributed by atoms with Crippen molar-refractivity contribution >= 4 is 44.7 Å². The highest BCUT2D eigenvalue weighted by Crippen LogP contribution is 2.24. The number of hydrogen-bond acceptors (Lipinski definition) is 4. The Hall–Kier alpha value is -2.12. The molecule has 5 nitrogen and oxygen atoms in total. The number of anilines is 1. The molecule has 0 aromatic heterocycles. The molecule has 0 unspecified atom stereocenters. The van der Waals surface area contributed by atoms with Gasteiger partial charge in [0.15, 0.2) is 0 Å². The summed E-state index contributed by atoms with van der Waals surface area (Å²) in [6.07, 6.45) is 0. The van der Waals surface area contributed by atoms with Gasteiger partial charge in [0.25, 0.3) is 5.91 Å². The van der Waals surface area contributed by atoms with Crippen LogP contribution < -0.4 is 11.1 Å². The Morgan fingerprint density at radius 2 is 1.76 bits per heavy atom. The summed E-state index contributed by atoms with van der Waals surface area (Å²) < 4.78 is 0.776. The van der Waals surface area contributed by atoms with Gasteiger partial charge < -0.3 is 21.3 Å². The molecule has 108 valence electrons. The number of aromatic hydroxyl groups is 2. The van der Waals surface area contributed by atoms with Crippen LogP contribution >= 0.6 is 28.1 Å². The predicted molar refractivity (Wildman–Crippen MR) is 87.8 cm³/mol. The van der Waals surface area contributed by atoms with Gasteiger partial charge in [-0.3, -0.25) is 4.79 Å². The molecule has 2 aromatic carbocycles. The first-order chi connectivity index (χ1) is 9.86. The van der Waals surface area contributed by atoms with Gasteiger partial charge >= 0.3 is 0 Å². The molecule has 2 rings (SSSR count). The summed E-state index contributed by atoms with van der Waals surface area (Å²) in [5.74, 6) is -0.905. The highest BCUT2D eigenvalue weighted by molar-refractivity contribution is 9.10. The van der Waals surface area contributed by atoms with Gasteiger partial charge in [-0.15, -0.1) is 0 Å². The lowest BCUT2D eigenvalue weighted by molar-refractivity contribution is 0.102. The van der Waals surface area contributed by atoms with Crippen molar-refractivity contribution in [2.75, 3.05) is 5.32 Å². The minimum absolute atomic E-state index is 0.115. The second-order valence-electron chi connectivity index (χ2n) is 4.25. The number of rotatable bonds is 3. The largest absolute Gasteiger partial charge is 0.508 e. The number of benzene rings is 2. The molecule has 0 spiro atoms. The van der Waals surface area contributed by atoms with Gasteiger partial charge in [-0.2, -0.15) is 0 Å². The van der Waals surface area contributed by atoms with Crippen LogP contribution in [0.25, 0.3) is 0 Å². The van der Waals surface area contributed by atoms with E-state index < -0.39 is 5.91 Å². The van der Waals surface area contributed by atoms with E-state index in [1.165, 1.54) is 12.1 Å². The van der Waals surface area contributed by atoms with Gasteiger partial charge in [0, 0.05) is 21.7 Å². The topological polar surface area (TPSA) is 95.6 Å². The normalized spacial score (nSPS) is 10.1. The lowest BCUT2D eigenvalue weighted by Gasteiger charge is -2.11. The van der Waals surface area contributed by atoms with Crippen molar-refractivity contribution < 1.29 is 15.0 Å². The maximum atomic E-state index is 12.1. The maximum absolute atomic E-state index is 12.1. The quantitative estimate of drug-likeness (QED) is 0.626. The Balaban J connectivity index is 2.33. The summed E-state index contributed by atoms with van der Waals surface area (Å²) in [6, 6.07) is 8.70. The van der Waals surface area contributed by atoms with Gasteiger partial charge in [0.05, 0.1) is 5.69 Å². The number of amides is 1. The highest BCUT2D eigenvalue weighted by atomic mass is 79.9. The number of thiocarbonyl (C=S) groups is 1. The number of carbonyl (C=O) groups is 1. The van der Waals surface area contributed by atoms with E-state index >= 15 is 0 Å². The van der Waals surface area contributed by atoms with E-state index in [1.807, 2.05) is 0 Å². The van der Waals surface area contributed by atoms with Crippen LogP contribution in [0.15, 0.2) is 40.9 Å². The first kappa shape index (κ1) is 15.3. The fourth-order valence-electron chi connectivity index (χ4n) is 1.75. The second kappa shape index (κ2) is 6.11. The van der Waals surface area contributed by atoms with Crippen molar-refractivity contribution in [1.82, 2.24) is 0 Å². The van der Waals surface area contributed by atoms with E-state index in [0.717, 1.165) is 10.5 Å². The highest BCUT2D eigenvalue weighted by Gasteiger charge is 2.12. The third kappa shape index (κ3) is 3.71. The molecule has 1 amide bonds. The SMILES string of the molecule is NC(=S)c1cc(Br)ccc1NC(=O)c1cc(O)cc(O)c1. The molecule has 0 bridgehead atoms. The zero-order valence-corrected chi connectivity index (χ0v) is 13.0. The van der Waals surface area contributed by atoms with Crippen LogP contribution in [0.2, 0.25) is 0 Å². The zero-order valence-electron chi connectivity index (χ0n) is 10.6. The molecule has 21 heavy (non-hydrogen) atoms. The van der Waals surface area contributed by atoms with Gasteiger partial charge in [-0.1, -0.05) is 28.1 Å². The molecule has 5 N–H and O–H groups in total. The minimum Gasteiger partial charge on any atom is -0.508 e. The number of carbonyl (C=O) groups excluding carboxylic acids is 1. The standard InChI is InChI=1S/C14H11BrN2O3S/c15-8-1-2-12(11(5-8)13(16)21)17-14(20)7-3-9(18)6-10(19)4-7/h1-6,18-19H,(H2,16,21)(H,17,20). The predicted octanol–water partition coefficient (Wildman–Crippen LogP) is 2.75. The summed E-state index contributed by atoms with van der Waals surface area (Å²) in [5.41, 5.74) is 6.69. The average molecular weight is 367 g/mol. The fourth-order valence-corrected chi connectivity index (χ4v) is 2.28. The van der Waals surface area contributed by atoms with Crippen LogP contribution in [0.5, 0.6) is 11.5 Å². The summed E-state index contributed by atoms with van der Waals surface area (Å²) in [5, 5.41) is 21.4. The maximum Gasteiger partial charge on any atom is 0.255 e. The molecule has 0 saturated carbocycles. The van der Waals surface area contributed by atoms with Crippen molar-refractivity contribution in [1.29, 1.82) is 0 Å². The molecule has 0 fully saturated rings. The number of hydrogen-bond donors (Lipinski definition) is 4. The van der Waals surface area contributed by atoms with Gasteiger partial charge in [0.2, 0.25) is 0 Å². The lowest BCUT2D eigenvalue weighted by Crippen LogP contribution is -2.17. The molecule has 0 heterocycles. The fraction of sp³-hybridized carbons (Fsp3) is 0. The minimum atomic E-state index is -0.499. The molecule has 0 saturated heterocycles. The van der Waals surface area contributed by atoms with Gasteiger partial charge in [-0.05, 0) is 30.3 Å². The number of nitrogens with two attached hydrogens (primary N) is 1. The molecule has 0 aliphatic rings. The van der Waals surface area contributed by atoms with E-state index in [1.54, 1.807) is 18.2 Å². The number of phenolic OH excluding ortho intramolecular Hbond substituents is 2. The molecule has 0 radical (unpaired) electrons. The molecule has 2 aromatic rings. The van der Waals surface area contributed by atoms with Crippen LogP contribution in [0.1, 0.15) is 15.9 Å². The van der Waals surface area contributed by atoms with Gasteiger partial charge in [-0.25, -0.2) is 0 Å². The van der Waals surface area contributed by atoms with Crippen molar-refractivity contribution in [3.8, 4) is 11.5 Å². The Morgan fingerprint density at radius 3 is 2.33 bits per heavy atom. The van der Waals surface area contributed by atoms with Crippen LogP contribution in [-0.4, -0.2) is 21.1 Å². The smallest absolute Gasteiger partial charge is 0.255 e. The van der Waals surface area contributed by atoms with Crippen LogP contribution in [0, 0.1) is 0 Å². The lowest BCUT2D eigenvalue weighted by atomic mass is 10.1. The van der Waals surface area contributed by atoms with Gasteiger partial charge in [0.1, 0.15) is 16.5 Å². The monoisotopic (exact) mass is 366 g/mol. The summed E-state index contributed by atoms with van der Waals surface area (Å²) in [7, 11) is 0. The van der Waals surface area contributed by atoms with Crippen molar-refractivity contribution in [2.24, 2.45) is 5.73 Å². The molecule has 0 aliphatic heterocycles. The Bertz CT molecular complexity index is 714. The van der Waals surface area contributed by atoms with Crippen LogP contribution in [-0.2, 0) is 0 Å². The van der Waals surface area contributed by atoms with Crippen LogP contribution in [0.3, 0.4) is 0 Å². The number of halogens is 1.